The molecule has 2 N–H and O–H groups in total. The Morgan fingerprint density at radius 1 is 1.06 bits per heavy atom. The van der Waals surface area contributed by atoms with Crippen molar-refractivity contribution in [3.8, 4) is 5.75 Å². The fourth-order valence-electron chi connectivity index (χ4n) is 4.51. The molecular weight excluding hydrogens is 436 g/mol. The number of furan rings is 1. The fraction of sp³-hybridized carbons (Fsp3) is 0.231. The molecule has 0 spiro atoms. The van der Waals surface area contributed by atoms with Crippen LogP contribution in [0.4, 0.5) is 5.88 Å². The molecule has 1 fully saturated rings. The minimum atomic E-state index is -1.19. The number of rotatable bonds is 7. The highest BCUT2D eigenvalue weighted by Crippen LogP contribution is 2.48. The van der Waals surface area contributed by atoms with Gasteiger partial charge in [-0.05, 0) is 36.8 Å². The van der Waals surface area contributed by atoms with Gasteiger partial charge < -0.3 is 29.1 Å². The number of carboxylic acids is 1. The first-order chi connectivity index (χ1) is 16.4. The summed E-state index contributed by atoms with van der Waals surface area (Å²) in [5.41, 5.74) is 1.12. The number of nitrogens with one attached hydrogen (secondary N) is 1. The van der Waals surface area contributed by atoms with Crippen LogP contribution < -0.4 is 10.1 Å². The Morgan fingerprint density at radius 2 is 1.79 bits per heavy atom. The number of nitrogens with zero attached hydrogens (tertiary/aromatic N) is 1. The number of pyridine rings is 1. The first-order valence-corrected chi connectivity index (χ1v) is 10.8. The number of carbonyl (C=O) groups is 1. The molecule has 8 heteroatoms. The maximum absolute atomic E-state index is 11.5. The van der Waals surface area contributed by atoms with Crippen molar-refractivity contribution in [1.82, 2.24) is 4.98 Å². The molecule has 1 saturated heterocycles. The average Bonchev–Trinajstić information content (AvgIpc) is 3.49. The summed E-state index contributed by atoms with van der Waals surface area (Å²) in [6.45, 7) is 2.63. The van der Waals surface area contributed by atoms with E-state index in [0.717, 1.165) is 11.0 Å². The Balaban J connectivity index is 1.76. The highest BCUT2D eigenvalue weighted by Gasteiger charge is 2.56. The number of carboxylic acid groups (broad SMARTS) is 1. The van der Waals surface area contributed by atoms with Crippen LogP contribution in [0.5, 0.6) is 5.75 Å². The van der Waals surface area contributed by atoms with E-state index in [-0.39, 0.29) is 5.56 Å². The van der Waals surface area contributed by atoms with Gasteiger partial charge in [-0.15, -0.1) is 0 Å². The van der Waals surface area contributed by atoms with E-state index >= 15 is 0 Å². The number of anilines is 1. The van der Waals surface area contributed by atoms with Crippen molar-refractivity contribution in [1.29, 1.82) is 0 Å². The predicted molar refractivity (Wildman–Crippen MR) is 125 cm³/mol. The van der Waals surface area contributed by atoms with E-state index in [1.165, 1.54) is 0 Å². The first kappa shape index (κ1) is 21.9. The van der Waals surface area contributed by atoms with Gasteiger partial charge in [-0.25, -0.2) is 4.79 Å². The molecule has 1 aliphatic heterocycles. The maximum atomic E-state index is 11.5. The molecule has 0 bridgehead atoms. The van der Waals surface area contributed by atoms with E-state index in [1.807, 2.05) is 43.3 Å². The molecule has 174 valence electrons. The lowest BCUT2D eigenvalue weighted by Crippen LogP contribution is -2.56. The van der Waals surface area contributed by atoms with Crippen molar-refractivity contribution in [3.63, 3.8) is 0 Å². The molecule has 1 atom stereocenters. The van der Waals surface area contributed by atoms with E-state index in [1.54, 1.807) is 43.8 Å². The minimum absolute atomic E-state index is 0.170. The van der Waals surface area contributed by atoms with Gasteiger partial charge in [-0.1, -0.05) is 30.3 Å². The van der Waals surface area contributed by atoms with Gasteiger partial charge in [-0.2, -0.15) is 0 Å². The topological polar surface area (TPSA) is 103 Å². The number of aromatic nitrogens is 1. The van der Waals surface area contributed by atoms with Crippen LogP contribution in [0, 0.1) is 0 Å². The number of benzene rings is 2. The van der Waals surface area contributed by atoms with Crippen LogP contribution in [-0.4, -0.2) is 42.2 Å². The van der Waals surface area contributed by atoms with Crippen LogP contribution in [-0.2, 0) is 15.0 Å². The minimum Gasteiger partial charge on any atom is -0.495 e. The molecule has 1 unspecified atom stereocenters. The summed E-state index contributed by atoms with van der Waals surface area (Å²) in [6.07, 6.45) is 3.32. The highest BCUT2D eigenvalue weighted by atomic mass is 16.7. The van der Waals surface area contributed by atoms with E-state index in [0.29, 0.717) is 36.0 Å². The zero-order chi connectivity index (χ0) is 23.8. The molecule has 0 aliphatic carbocycles. The van der Waals surface area contributed by atoms with E-state index in [9.17, 15) is 9.90 Å². The van der Waals surface area contributed by atoms with Crippen molar-refractivity contribution in [2.45, 2.75) is 18.2 Å². The normalized spacial score (nSPS) is 16.8. The number of aromatic carboxylic acids is 1. The second-order valence-corrected chi connectivity index (χ2v) is 8.16. The molecule has 8 nitrogen and oxygen atoms in total. The van der Waals surface area contributed by atoms with Crippen molar-refractivity contribution in [2.24, 2.45) is 0 Å². The van der Waals surface area contributed by atoms with E-state index < -0.39 is 17.3 Å². The van der Waals surface area contributed by atoms with Gasteiger partial charge in [0.05, 0.1) is 32.1 Å². The number of hydrogen-bond donors (Lipinski definition) is 2. The molecule has 2 aromatic heterocycles. The smallest absolute Gasteiger partial charge is 0.335 e. The SMILES string of the molecule is COc1cncc(C(Nc2cc3ccccc3o2)(c2ccc(C(=O)O)cc2)C2(C)OCCO2)c1. The van der Waals surface area contributed by atoms with Crippen LogP contribution >= 0.6 is 0 Å². The Labute approximate surface area is 196 Å². The van der Waals surface area contributed by atoms with Crippen LogP contribution in [0.25, 0.3) is 11.0 Å². The van der Waals surface area contributed by atoms with Crippen molar-refractivity contribution in [2.75, 3.05) is 25.6 Å². The van der Waals surface area contributed by atoms with Crippen molar-refractivity contribution in [3.05, 3.63) is 89.7 Å². The summed E-state index contributed by atoms with van der Waals surface area (Å²) in [5.74, 6) is -1.15. The predicted octanol–water partition coefficient (Wildman–Crippen LogP) is 4.65. The van der Waals surface area contributed by atoms with Crippen LogP contribution in [0.1, 0.15) is 28.4 Å². The quantitative estimate of drug-likeness (QED) is 0.411. The zero-order valence-corrected chi connectivity index (χ0v) is 18.8. The van der Waals surface area contributed by atoms with Crippen molar-refractivity contribution < 1.29 is 28.5 Å². The van der Waals surface area contributed by atoms with Gasteiger partial charge in [0.1, 0.15) is 16.9 Å². The Bertz CT molecular complexity index is 1290. The number of hydrogen-bond acceptors (Lipinski definition) is 7. The van der Waals surface area contributed by atoms with E-state index in [2.05, 4.69) is 10.3 Å². The Kier molecular flexibility index (Phi) is 5.47. The summed E-state index contributed by atoms with van der Waals surface area (Å²) < 4.78 is 24.0. The molecule has 0 radical (unpaired) electrons. The van der Waals surface area contributed by atoms with Crippen LogP contribution in [0.3, 0.4) is 0 Å². The Morgan fingerprint density at radius 3 is 2.47 bits per heavy atom. The van der Waals surface area contributed by atoms with Gasteiger partial charge in [-0.3, -0.25) is 4.98 Å². The largest absolute Gasteiger partial charge is 0.495 e. The molecule has 4 aromatic rings. The molecule has 5 rings (SSSR count). The number of para-hydroxylation sites is 1. The number of fused-ring (bicyclic) bond motifs is 1. The zero-order valence-electron chi connectivity index (χ0n) is 18.8. The summed E-state index contributed by atoms with van der Waals surface area (Å²) in [4.78, 5) is 15.9. The average molecular weight is 460 g/mol. The molecule has 0 amide bonds. The summed E-state index contributed by atoms with van der Waals surface area (Å²) in [6, 6.07) is 18.1. The lowest BCUT2D eigenvalue weighted by atomic mass is 9.76. The van der Waals surface area contributed by atoms with Crippen LogP contribution in [0.15, 0.2) is 77.5 Å². The second kappa shape index (κ2) is 8.48. The van der Waals surface area contributed by atoms with Gasteiger partial charge in [0, 0.05) is 23.2 Å². The third-order valence-electron chi connectivity index (χ3n) is 6.20. The molecule has 2 aromatic carbocycles. The summed E-state index contributed by atoms with van der Waals surface area (Å²) in [5, 5.41) is 13.9. The first-order valence-electron chi connectivity index (χ1n) is 10.8. The lowest BCUT2D eigenvalue weighted by molar-refractivity contribution is -0.178. The van der Waals surface area contributed by atoms with Gasteiger partial charge in [0.2, 0.25) is 0 Å². The molecule has 1 aliphatic rings. The standard InChI is InChI=1S/C26H24N2O6/c1-25(32-11-12-33-25)26(20-14-21(31-2)16-27-15-20,19-9-7-17(8-10-19)24(29)30)28-23-13-18-5-3-4-6-22(18)34-23/h3-10,13-16,28H,11-12H2,1-2H3,(H,29,30). The van der Waals surface area contributed by atoms with Gasteiger partial charge in [0.15, 0.2) is 11.7 Å². The second-order valence-electron chi connectivity index (χ2n) is 8.16. The summed E-state index contributed by atoms with van der Waals surface area (Å²) in [7, 11) is 1.57. The molecule has 34 heavy (non-hydrogen) atoms. The molecule has 0 saturated carbocycles. The molecular formula is C26H24N2O6. The van der Waals surface area contributed by atoms with Crippen LogP contribution in [0.2, 0.25) is 0 Å². The number of ether oxygens (including phenoxy) is 3. The third kappa shape index (κ3) is 3.57. The van der Waals surface area contributed by atoms with Gasteiger partial charge >= 0.3 is 5.97 Å². The fourth-order valence-corrected chi connectivity index (χ4v) is 4.51. The summed E-state index contributed by atoms with van der Waals surface area (Å²) >= 11 is 0. The maximum Gasteiger partial charge on any atom is 0.335 e. The van der Waals surface area contributed by atoms with E-state index in [4.69, 9.17) is 18.6 Å². The van der Waals surface area contributed by atoms with Gasteiger partial charge in [0.25, 0.3) is 0 Å². The van der Waals surface area contributed by atoms with Crippen molar-refractivity contribution >= 4 is 22.8 Å². The lowest BCUT2D eigenvalue weighted by Gasteiger charge is -2.45. The Hall–Kier alpha value is -3.88. The number of methoxy groups -OCH3 is 1. The molecule has 3 heterocycles. The monoisotopic (exact) mass is 460 g/mol. The highest BCUT2D eigenvalue weighted by molar-refractivity contribution is 5.87. The third-order valence-corrected chi connectivity index (χ3v) is 6.20.